The van der Waals surface area contributed by atoms with Gasteiger partial charge in [0.25, 0.3) is 0 Å². The molecule has 2 heterocycles. The third-order valence-corrected chi connectivity index (χ3v) is 4.76. The summed E-state index contributed by atoms with van der Waals surface area (Å²) in [5.74, 6) is 0.839. The Kier molecular flexibility index (Phi) is 4.73. The van der Waals surface area contributed by atoms with Crippen LogP contribution in [0.3, 0.4) is 0 Å². The second-order valence-electron chi connectivity index (χ2n) is 6.29. The van der Waals surface area contributed by atoms with E-state index >= 15 is 0 Å². The highest BCUT2D eigenvalue weighted by Crippen LogP contribution is 2.22. The zero-order valence-electron chi connectivity index (χ0n) is 12.3. The van der Waals surface area contributed by atoms with E-state index in [0.29, 0.717) is 24.3 Å². The van der Waals surface area contributed by atoms with Gasteiger partial charge in [-0.05, 0) is 31.6 Å². The van der Waals surface area contributed by atoms with Gasteiger partial charge in [0.15, 0.2) is 0 Å². The van der Waals surface area contributed by atoms with Gasteiger partial charge in [0, 0.05) is 45.8 Å². The molecule has 4 nitrogen and oxygen atoms in total. The molecule has 0 radical (unpaired) electrons. The van der Waals surface area contributed by atoms with Crippen molar-refractivity contribution in [3.63, 3.8) is 0 Å². The van der Waals surface area contributed by atoms with Crippen LogP contribution in [-0.4, -0.2) is 61.1 Å². The van der Waals surface area contributed by atoms with Gasteiger partial charge in [-0.2, -0.15) is 0 Å². The Morgan fingerprint density at radius 2 is 2.05 bits per heavy atom. The Labute approximate surface area is 121 Å². The SMILES string of the molecule is O=C(C[C@@H]1C=CCC1)N1CCN(C[C@H]2CCCO2)CC1. The summed E-state index contributed by atoms with van der Waals surface area (Å²) in [6.45, 7) is 5.77. The predicted molar refractivity (Wildman–Crippen MR) is 78.5 cm³/mol. The summed E-state index contributed by atoms with van der Waals surface area (Å²) in [6.07, 6.45) is 10.3. The van der Waals surface area contributed by atoms with E-state index in [1.165, 1.54) is 12.8 Å². The first-order valence-corrected chi connectivity index (χ1v) is 8.09. The topological polar surface area (TPSA) is 32.8 Å². The Morgan fingerprint density at radius 1 is 1.20 bits per heavy atom. The van der Waals surface area contributed by atoms with Crippen molar-refractivity contribution in [1.29, 1.82) is 0 Å². The molecule has 112 valence electrons. The third-order valence-electron chi connectivity index (χ3n) is 4.76. The highest BCUT2D eigenvalue weighted by Gasteiger charge is 2.26. The fourth-order valence-corrected chi connectivity index (χ4v) is 3.47. The number of amides is 1. The van der Waals surface area contributed by atoms with Gasteiger partial charge >= 0.3 is 0 Å². The molecule has 3 rings (SSSR count). The van der Waals surface area contributed by atoms with Gasteiger partial charge in [-0.1, -0.05) is 12.2 Å². The summed E-state index contributed by atoms with van der Waals surface area (Å²) in [5, 5.41) is 0. The van der Waals surface area contributed by atoms with Crippen molar-refractivity contribution in [1.82, 2.24) is 9.80 Å². The van der Waals surface area contributed by atoms with E-state index < -0.39 is 0 Å². The number of hydrogen-bond acceptors (Lipinski definition) is 3. The van der Waals surface area contributed by atoms with Crippen LogP contribution in [0.4, 0.5) is 0 Å². The van der Waals surface area contributed by atoms with Gasteiger partial charge in [-0.15, -0.1) is 0 Å². The quantitative estimate of drug-likeness (QED) is 0.733. The Bertz CT molecular complexity index is 355. The molecule has 0 unspecified atom stereocenters. The molecular formula is C16H26N2O2. The molecule has 0 aromatic heterocycles. The summed E-state index contributed by atoms with van der Waals surface area (Å²) >= 11 is 0. The van der Waals surface area contributed by atoms with E-state index in [9.17, 15) is 4.79 Å². The number of carbonyl (C=O) groups is 1. The number of hydrogen-bond donors (Lipinski definition) is 0. The average molecular weight is 278 g/mol. The monoisotopic (exact) mass is 278 g/mol. The van der Waals surface area contributed by atoms with Crippen LogP contribution in [0.25, 0.3) is 0 Å². The summed E-state index contributed by atoms with van der Waals surface area (Å²) in [6, 6.07) is 0. The van der Waals surface area contributed by atoms with Gasteiger partial charge < -0.3 is 9.64 Å². The van der Waals surface area contributed by atoms with Gasteiger partial charge in [-0.3, -0.25) is 9.69 Å². The van der Waals surface area contributed by atoms with Crippen LogP contribution >= 0.6 is 0 Å². The molecule has 0 aromatic rings. The van der Waals surface area contributed by atoms with Gasteiger partial charge in [0.2, 0.25) is 5.91 Å². The molecule has 2 atom stereocenters. The molecule has 1 aliphatic carbocycles. The van der Waals surface area contributed by atoms with Crippen LogP contribution in [0.15, 0.2) is 12.2 Å². The van der Waals surface area contributed by atoms with Crippen LogP contribution in [0.2, 0.25) is 0 Å². The van der Waals surface area contributed by atoms with E-state index in [1.54, 1.807) is 0 Å². The van der Waals surface area contributed by atoms with Gasteiger partial charge in [-0.25, -0.2) is 0 Å². The highest BCUT2D eigenvalue weighted by atomic mass is 16.5. The fourth-order valence-electron chi connectivity index (χ4n) is 3.47. The summed E-state index contributed by atoms with van der Waals surface area (Å²) in [4.78, 5) is 16.8. The molecule has 2 aliphatic heterocycles. The summed E-state index contributed by atoms with van der Waals surface area (Å²) in [5.41, 5.74) is 0. The number of carbonyl (C=O) groups excluding carboxylic acids is 1. The second kappa shape index (κ2) is 6.72. The molecule has 0 bridgehead atoms. The lowest BCUT2D eigenvalue weighted by Crippen LogP contribution is -2.50. The average Bonchev–Trinajstić information content (AvgIpc) is 3.13. The van der Waals surface area contributed by atoms with Crippen LogP contribution < -0.4 is 0 Å². The maximum atomic E-state index is 12.3. The van der Waals surface area contributed by atoms with Gasteiger partial charge in [0.05, 0.1) is 6.10 Å². The second-order valence-corrected chi connectivity index (χ2v) is 6.29. The normalized spacial score (nSPS) is 31.1. The highest BCUT2D eigenvalue weighted by molar-refractivity contribution is 5.76. The zero-order valence-corrected chi connectivity index (χ0v) is 12.3. The van der Waals surface area contributed by atoms with Crippen molar-refractivity contribution in [2.75, 3.05) is 39.3 Å². The van der Waals surface area contributed by atoms with Crippen molar-refractivity contribution in [2.45, 2.75) is 38.2 Å². The molecular weight excluding hydrogens is 252 g/mol. The van der Waals surface area contributed by atoms with Crippen LogP contribution in [0, 0.1) is 5.92 Å². The van der Waals surface area contributed by atoms with Gasteiger partial charge in [0.1, 0.15) is 0 Å². The molecule has 0 spiro atoms. The lowest BCUT2D eigenvalue weighted by atomic mass is 10.0. The maximum absolute atomic E-state index is 12.3. The number of rotatable bonds is 4. The van der Waals surface area contributed by atoms with E-state index in [4.69, 9.17) is 4.74 Å². The molecule has 3 aliphatic rings. The zero-order chi connectivity index (χ0) is 13.8. The molecule has 20 heavy (non-hydrogen) atoms. The molecule has 4 heteroatoms. The van der Waals surface area contributed by atoms with Crippen LogP contribution in [0.5, 0.6) is 0 Å². The minimum Gasteiger partial charge on any atom is -0.377 e. The standard InChI is InChI=1S/C16H26N2O2/c19-16(12-14-4-1-2-5-14)18-9-7-17(8-10-18)13-15-6-3-11-20-15/h1,4,14-15H,2-3,5-13H2/t14-,15-/m1/s1. The van der Waals surface area contributed by atoms with Crippen molar-refractivity contribution in [3.05, 3.63) is 12.2 Å². The molecule has 1 amide bonds. The van der Waals surface area contributed by atoms with Crippen molar-refractivity contribution in [2.24, 2.45) is 5.92 Å². The Balaban J connectivity index is 1.38. The molecule has 0 saturated carbocycles. The van der Waals surface area contributed by atoms with Crippen LogP contribution in [0.1, 0.15) is 32.1 Å². The molecule has 2 fully saturated rings. The van der Waals surface area contributed by atoms with Crippen molar-refractivity contribution < 1.29 is 9.53 Å². The van der Waals surface area contributed by atoms with E-state index in [-0.39, 0.29) is 0 Å². The van der Waals surface area contributed by atoms with E-state index in [0.717, 1.165) is 52.2 Å². The molecule has 0 N–H and O–H groups in total. The predicted octanol–water partition coefficient (Wildman–Crippen LogP) is 1.67. The first-order valence-electron chi connectivity index (χ1n) is 8.09. The Morgan fingerprint density at radius 3 is 2.70 bits per heavy atom. The maximum Gasteiger partial charge on any atom is 0.223 e. The first kappa shape index (κ1) is 14.1. The fraction of sp³-hybridized carbons (Fsp3) is 0.812. The number of nitrogens with zero attached hydrogens (tertiary/aromatic N) is 2. The lowest BCUT2D eigenvalue weighted by molar-refractivity contribution is -0.133. The van der Waals surface area contributed by atoms with Crippen LogP contribution in [-0.2, 0) is 9.53 Å². The largest absolute Gasteiger partial charge is 0.377 e. The number of ether oxygens (including phenoxy) is 1. The van der Waals surface area contributed by atoms with Crippen molar-refractivity contribution >= 4 is 5.91 Å². The summed E-state index contributed by atoms with van der Waals surface area (Å²) in [7, 11) is 0. The number of allylic oxidation sites excluding steroid dienone is 2. The van der Waals surface area contributed by atoms with Crippen molar-refractivity contribution in [3.8, 4) is 0 Å². The molecule has 2 saturated heterocycles. The first-order chi connectivity index (χ1) is 9.81. The molecule has 0 aromatic carbocycles. The lowest BCUT2D eigenvalue weighted by Gasteiger charge is -2.36. The summed E-state index contributed by atoms with van der Waals surface area (Å²) < 4.78 is 5.69. The Hall–Kier alpha value is -0.870. The number of piperazine rings is 1. The van der Waals surface area contributed by atoms with E-state index in [2.05, 4.69) is 22.0 Å². The minimum atomic E-state index is 0.346. The smallest absolute Gasteiger partial charge is 0.223 e. The minimum absolute atomic E-state index is 0.346. The third kappa shape index (κ3) is 3.61. The van der Waals surface area contributed by atoms with E-state index in [1.807, 2.05) is 0 Å².